The molecule has 0 aromatic carbocycles. The van der Waals surface area contributed by atoms with E-state index < -0.39 is 0 Å². The Labute approximate surface area is 102 Å². The predicted molar refractivity (Wildman–Crippen MR) is 65.9 cm³/mol. The number of carbonyl (C=O) groups is 1. The van der Waals surface area contributed by atoms with Gasteiger partial charge >= 0.3 is 0 Å². The van der Waals surface area contributed by atoms with Crippen LogP contribution in [0.1, 0.15) is 9.67 Å². The maximum atomic E-state index is 12.0. The van der Waals surface area contributed by atoms with Crippen molar-refractivity contribution in [1.29, 1.82) is 0 Å². The van der Waals surface area contributed by atoms with Crippen LogP contribution in [0.15, 0.2) is 17.5 Å². The summed E-state index contributed by atoms with van der Waals surface area (Å²) in [5.41, 5.74) is 0. The summed E-state index contributed by atoms with van der Waals surface area (Å²) in [5.74, 6) is 0.0847. The molecule has 0 aliphatic heterocycles. The number of hydrogen-bond donors (Lipinski definition) is 0. The van der Waals surface area contributed by atoms with E-state index in [4.69, 9.17) is 4.74 Å². The van der Waals surface area contributed by atoms with E-state index in [2.05, 4.69) is 15.9 Å². The van der Waals surface area contributed by atoms with Crippen molar-refractivity contribution >= 4 is 33.2 Å². The van der Waals surface area contributed by atoms with Crippen molar-refractivity contribution in [3.05, 3.63) is 22.4 Å². The number of carbonyl (C=O) groups excluding carboxylic acids is 1. The van der Waals surface area contributed by atoms with Gasteiger partial charge in [0.15, 0.2) is 0 Å². The number of thiophene rings is 1. The van der Waals surface area contributed by atoms with Crippen molar-refractivity contribution in [3.63, 3.8) is 0 Å². The fourth-order valence-electron chi connectivity index (χ4n) is 1.17. The first-order valence-corrected chi connectivity index (χ1v) is 6.67. The van der Waals surface area contributed by atoms with Crippen LogP contribution in [-0.4, -0.2) is 42.9 Å². The fourth-order valence-corrected chi connectivity index (χ4v) is 2.29. The van der Waals surface area contributed by atoms with Crippen molar-refractivity contribution in [3.8, 4) is 0 Å². The van der Waals surface area contributed by atoms with Crippen LogP contribution in [0.3, 0.4) is 0 Å². The molecule has 1 heterocycles. The number of alkyl halides is 1. The first kappa shape index (κ1) is 12.7. The Balaban J connectivity index is 2.58. The molecule has 0 bridgehead atoms. The molecule has 0 fully saturated rings. The van der Waals surface area contributed by atoms with Gasteiger partial charge in [0.2, 0.25) is 0 Å². The van der Waals surface area contributed by atoms with Gasteiger partial charge < -0.3 is 9.64 Å². The highest BCUT2D eigenvalue weighted by atomic mass is 79.9. The van der Waals surface area contributed by atoms with Gasteiger partial charge in [-0.2, -0.15) is 0 Å². The van der Waals surface area contributed by atoms with Gasteiger partial charge in [0.25, 0.3) is 5.91 Å². The second-order valence-electron chi connectivity index (χ2n) is 2.95. The molecule has 1 amide bonds. The molecule has 0 saturated heterocycles. The zero-order chi connectivity index (χ0) is 11.1. The Morgan fingerprint density at radius 3 is 2.93 bits per heavy atom. The maximum Gasteiger partial charge on any atom is 0.264 e. The summed E-state index contributed by atoms with van der Waals surface area (Å²) in [5, 5.41) is 2.70. The summed E-state index contributed by atoms with van der Waals surface area (Å²) < 4.78 is 4.98. The molecular formula is C10H14BrNO2S. The molecule has 0 aliphatic rings. The topological polar surface area (TPSA) is 29.5 Å². The van der Waals surface area contributed by atoms with Gasteiger partial charge in [0.1, 0.15) is 0 Å². The molecule has 0 aliphatic carbocycles. The first-order chi connectivity index (χ1) is 7.29. The van der Waals surface area contributed by atoms with E-state index in [0.717, 1.165) is 10.2 Å². The molecule has 15 heavy (non-hydrogen) atoms. The minimum Gasteiger partial charge on any atom is -0.383 e. The third kappa shape index (κ3) is 3.93. The number of nitrogens with zero attached hydrogens (tertiary/aromatic N) is 1. The van der Waals surface area contributed by atoms with Crippen LogP contribution >= 0.6 is 27.3 Å². The summed E-state index contributed by atoms with van der Waals surface area (Å²) in [7, 11) is 1.64. The number of ether oxygens (including phenoxy) is 1. The third-order valence-electron chi connectivity index (χ3n) is 1.94. The normalized spacial score (nSPS) is 10.3. The minimum absolute atomic E-state index is 0.0847. The van der Waals surface area contributed by atoms with Gasteiger partial charge in [0, 0.05) is 25.5 Å². The van der Waals surface area contributed by atoms with Crippen molar-refractivity contribution in [2.45, 2.75) is 0 Å². The van der Waals surface area contributed by atoms with E-state index in [1.54, 1.807) is 12.0 Å². The lowest BCUT2D eigenvalue weighted by molar-refractivity contribution is 0.0713. The molecule has 1 aromatic rings. The summed E-state index contributed by atoms with van der Waals surface area (Å²) in [6.07, 6.45) is 0. The highest BCUT2D eigenvalue weighted by Crippen LogP contribution is 2.12. The Morgan fingerprint density at radius 1 is 1.60 bits per heavy atom. The second-order valence-corrected chi connectivity index (χ2v) is 4.69. The predicted octanol–water partition coefficient (Wildman–Crippen LogP) is 2.23. The maximum absolute atomic E-state index is 12.0. The molecule has 0 radical (unpaired) electrons. The van der Waals surface area contributed by atoms with E-state index in [9.17, 15) is 4.79 Å². The van der Waals surface area contributed by atoms with Crippen molar-refractivity contribution < 1.29 is 9.53 Å². The number of hydrogen-bond acceptors (Lipinski definition) is 3. The smallest absolute Gasteiger partial charge is 0.264 e. The first-order valence-electron chi connectivity index (χ1n) is 4.67. The summed E-state index contributed by atoms with van der Waals surface area (Å²) >= 11 is 4.81. The quantitative estimate of drug-likeness (QED) is 0.753. The number of rotatable bonds is 6. The van der Waals surface area contributed by atoms with Crippen molar-refractivity contribution in [1.82, 2.24) is 4.90 Å². The van der Waals surface area contributed by atoms with Gasteiger partial charge in [-0.25, -0.2) is 0 Å². The molecule has 1 aromatic heterocycles. The highest BCUT2D eigenvalue weighted by molar-refractivity contribution is 9.09. The lowest BCUT2D eigenvalue weighted by Gasteiger charge is -2.20. The van der Waals surface area contributed by atoms with Crippen LogP contribution in [0.25, 0.3) is 0 Å². The second kappa shape index (κ2) is 6.98. The van der Waals surface area contributed by atoms with Crippen LogP contribution in [0.5, 0.6) is 0 Å². The Hall–Kier alpha value is -0.390. The molecule has 1 rings (SSSR count). The van der Waals surface area contributed by atoms with E-state index >= 15 is 0 Å². The lowest BCUT2D eigenvalue weighted by atomic mass is 10.4. The molecule has 5 heteroatoms. The molecule has 3 nitrogen and oxygen atoms in total. The molecule has 0 unspecified atom stereocenters. The van der Waals surface area contributed by atoms with Gasteiger partial charge in [-0.1, -0.05) is 22.0 Å². The minimum atomic E-state index is 0.0847. The standard InChI is InChI=1S/C10H14BrNO2S/c1-14-7-6-12(5-4-11)10(13)9-3-2-8-15-9/h2-3,8H,4-7H2,1H3. The average molecular weight is 292 g/mol. The zero-order valence-corrected chi connectivity index (χ0v) is 11.0. The molecule has 0 saturated carbocycles. The number of halogens is 1. The molecule has 0 atom stereocenters. The summed E-state index contributed by atoms with van der Waals surface area (Å²) in [6.45, 7) is 1.92. The lowest BCUT2D eigenvalue weighted by Crippen LogP contribution is -2.34. The Morgan fingerprint density at radius 2 is 2.40 bits per heavy atom. The molecule has 0 spiro atoms. The fraction of sp³-hybridized carbons (Fsp3) is 0.500. The van der Waals surface area contributed by atoms with Crippen molar-refractivity contribution in [2.75, 3.05) is 32.1 Å². The van der Waals surface area contributed by atoms with E-state index in [0.29, 0.717) is 19.7 Å². The van der Waals surface area contributed by atoms with Crippen LogP contribution < -0.4 is 0 Å². The third-order valence-corrected chi connectivity index (χ3v) is 3.15. The molecule has 0 N–H and O–H groups in total. The van der Waals surface area contributed by atoms with Crippen LogP contribution in [0.4, 0.5) is 0 Å². The average Bonchev–Trinajstić information content (AvgIpc) is 2.76. The van der Waals surface area contributed by atoms with Gasteiger partial charge in [-0.05, 0) is 11.4 Å². The largest absolute Gasteiger partial charge is 0.383 e. The van der Waals surface area contributed by atoms with Gasteiger partial charge in [-0.3, -0.25) is 4.79 Å². The van der Waals surface area contributed by atoms with E-state index in [-0.39, 0.29) is 5.91 Å². The summed E-state index contributed by atoms with van der Waals surface area (Å²) in [6, 6.07) is 3.74. The molecule has 84 valence electrons. The SMILES string of the molecule is COCCN(CCBr)C(=O)c1cccs1. The Bertz CT molecular complexity index is 290. The highest BCUT2D eigenvalue weighted by Gasteiger charge is 2.15. The van der Waals surface area contributed by atoms with E-state index in [1.165, 1.54) is 11.3 Å². The Kier molecular flexibility index (Phi) is 5.90. The number of methoxy groups -OCH3 is 1. The van der Waals surface area contributed by atoms with Gasteiger partial charge in [-0.15, -0.1) is 11.3 Å². The van der Waals surface area contributed by atoms with E-state index in [1.807, 2.05) is 17.5 Å². The number of amides is 1. The van der Waals surface area contributed by atoms with Crippen LogP contribution in [0, 0.1) is 0 Å². The molecular weight excluding hydrogens is 278 g/mol. The summed E-state index contributed by atoms with van der Waals surface area (Å²) in [4.78, 5) is 14.5. The van der Waals surface area contributed by atoms with Crippen LogP contribution in [0.2, 0.25) is 0 Å². The van der Waals surface area contributed by atoms with Crippen LogP contribution in [-0.2, 0) is 4.74 Å². The monoisotopic (exact) mass is 291 g/mol. The zero-order valence-electron chi connectivity index (χ0n) is 8.61. The van der Waals surface area contributed by atoms with Gasteiger partial charge in [0.05, 0.1) is 11.5 Å². The van der Waals surface area contributed by atoms with Crippen molar-refractivity contribution in [2.24, 2.45) is 0 Å².